The van der Waals surface area contributed by atoms with Crippen LogP contribution in [0, 0.1) is 12.3 Å². The van der Waals surface area contributed by atoms with E-state index in [-0.39, 0.29) is 58.5 Å². The number of ether oxygens (including phenoxy) is 2. The molecular weight excluding hydrogens is 536 g/mol. The molecule has 220 valence electrons. The number of rotatable bonds is 13. The maximum absolute atomic E-state index is 13.6. The SMILES string of the molecule is Cc1ncsc1-c1ccc(CNC(=O)C2CC(O)CN2C(=O)C(NC(=O)COCCOCCO)C(C)(C)C)cc1. The standard InChI is InChI=1S/C28H40N4O7S/c1-18-24(40-17-30-18)20-7-5-19(6-8-20)14-29-26(36)22-13-21(34)15-32(22)27(37)25(28(2,3)4)31-23(35)16-39-12-11-38-10-9-33/h5-8,17,21-22,25,33-34H,9-16H2,1-4H3,(H,29,36)(H,31,35). The van der Waals surface area contributed by atoms with Crippen molar-refractivity contribution in [1.29, 1.82) is 0 Å². The van der Waals surface area contributed by atoms with Gasteiger partial charge in [0.25, 0.3) is 0 Å². The van der Waals surface area contributed by atoms with Gasteiger partial charge in [0, 0.05) is 19.5 Å². The van der Waals surface area contributed by atoms with Gasteiger partial charge in [0.1, 0.15) is 18.7 Å². The number of aliphatic hydroxyl groups excluding tert-OH is 2. The van der Waals surface area contributed by atoms with E-state index in [1.807, 2.05) is 57.5 Å². The second-order valence-corrected chi connectivity index (χ2v) is 11.7. The fourth-order valence-corrected chi connectivity index (χ4v) is 5.24. The summed E-state index contributed by atoms with van der Waals surface area (Å²) in [6.45, 7) is 7.90. The highest BCUT2D eigenvalue weighted by Gasteiger charge is 2.44. The van der Waals surface area contributed by atoms with Crippen LogP contribution >= 0.6 is 11.3 Å². The lowest BCUT2D eigenvalue weighted by Gasteiger charge is -2.35. The van der Waals surface area contributed by atoms with Gasteiger partial charge in [-0.2, -0.15) is 0 Å². The molecule has 11 nitrogen and oxygen atoms in total. The molecule has 0 radical (unpaired) electrons. The van der Waals surface area contributed by atoms with Gasteiger partial charge in [-0.05, 0) is 23.5 Å². The zero-order valence-electron chi connectivity index (χ0n) is 23.5. The molecule has 12 heteroatoms. The lowest BCUT2D eigenvalue weighted by molar-refractivity contribution is -0.144. The van der Waals surface area contributed by atoms with Crippen LogP contribution in [0.5, 0.6) is 0 Å². The fourth-order valence-electron chi connectivity index (χ4n) is 4.43. The van der Waals surface area contributed by atoms with Crippen molar-refractivity contribution in [3.05, 3.63) is 41.0 Å². The zero-order valence-corrected chi connectivity index (χ0v) is 24.3. The minimum atomic E-state index is -0.933. The van der Waals surface area contributed by atoms with Gasteiger partial charge in [-0.3, -0.25) is 14.4 Å². The normalized spacial score (nSPS) is 18.0. The topological polar surface area (TPSA) is 150 Å². The summed E-state index contributed by atoms with van der Waals surface area (Å²) < 4.78 is 10.4. The maximum atomic E-state index is 13.6. The Morgan fingerprint density at radius 1 is 1.15 bits per heavy atom. The minimum Gasteiger partial charge on any atom is -0.394 e. The highest BCUT2D eigenvalue weighted by molar-refractivity contribution is 7.13. The van der Waals surface area contributed by atoms with E-state index in [1.165, 1.54) is 4.90 Å². The average molecular weight is 577 g/mol. The predicted octanol–water partition coefficient (Wildman–Crippen LogP) is 1.25. The van der Waals surface area contributed by atoms with Crippen LogP contribution in [0.15, 0.2) is 29.8 Å². The monoisotopic (exact) mass is 576 g/mol. The third-order valence-electron chi connectivity index (χ3n) is 6.55. The first-order valence-corrected chi connectivity index (χ1v) is 14.2. The van der Waals surface area contributed by atoms with E-state index in [0.717, 1.165) is 21.7 Å². The summed E-state index contributed by atoms with van der Waals surface area (Å²) in [6, 6.07) is 6.06. The molecule has 0 bridgehead atoms. The van der Waals surface area contributed by atoms with Gasteiger partial charge in [0.05, 0.1) is 48.6 Å². The summed E-state index contributed by atoms with van der Waals surface area (Å²) in [5.41, 5.74) is 4.07. The molecule has 0 aliphatic carbocycles. The van der Waals surface area contributed by atoms with Crippen LogP contribution in [0.1, 0.15) is 38.4 Å². The van der Waals surface area contributed by atoms with Gasteiger partial charge < -0.3 is 35.2 Å². The minimum absolute atomic E-state index is 0.000956. The Bertz CT molecular complexity index is 1130. The number of amides is 3. The van der Waals surface area contributed by atoms with Gasteiger partial charge in [0.2, 0.25) is 17.7 Å². The van der Waals surface area contributed by atoms with Crippen LogP contribution in [0.3, 0.4) is 0 Å². The second-order valence-electron chi connectivity index (χ2n) is 10.8. The lowest BCUT2D eigenvalue weighted by Crippen LogP contribution is -2.58. The number of aliphatic hydroxyl groups is 2. The van der Waals surface area contributed by atoms with E-state index in [2.05, 4.69) is 15.6 Å². The number of β-amino-alcohol motifs (C(OH)–C–C–N with tert-alkyl or cyclic N) is 1. The van der Waals surface area contributed by atoms with Crippen molar-refractivity contribution in [1.82, 2.24) is 20.5 Å². The van der Waals surface area contributed by atoms with Gasteiger partial charge in [0.15, 0.2) is 0 Å². The fraction of sp³-hybridized carbons (Fsp3) is 0.571. The molecule has 1 aliphatic heterocycles. The number of thiazole rings is 1. The van der Waals surface area contributed by atoms with E-state index >= 15 is 0 Å². The first-order chi connectivity index (χ1) is 19.0. The molecule has 1 saturated heterocycles. The van der Waals surface area contributed by atoms with Gasteiger partial charge in [-0.15, -0.1) is 11.3 Å². The number of aryl methyl sites for hydroxylation is 1. The number of benzene rings is 1. The van der Waals surface area contributed by atoms with Crippen molar-refractivity contribution in [2.75, 3.05) is 39.6 Å². The molecule has 1 aliphatic rings. The van der Waals surface area contributed by atoms with Crippen molar-refractivity contribution in [3.63, 3.8) is 0 Å². The summed E-state index contributed by atoms with van der Waals surface area (Å²) in [5.74, 6) is -1.28. The van der Waals surface area contributed by atoms with Gasteiger partial charge >= 0.3 is 0 Å². The molecule has 0 spiro atoms. The average Bonchev–Trinajstić information content (AvgIpc) is 3.52. The molecule has 3 unspecified atom stereocenters. The van der Waals surface area contributed by atoms with Crippen molar-refractivity contribution in [2.24, 2.45) is 5.41 Å². The van der Waals surface area contributed by atoms with E-state index in [1.54, 1.807) is 11.3 Å². The highest BCUT2D eigenvalue weighted by Crippen LogP contribution is 2.28. The van der Waals surface area contributed by atoms with E-state index in [4.69, 9.17) is 14.6 Å². The number of hydrogen-bond acceptors (Lipinski definition) is 9. The zero-order chi connectivity index (χ0) is 29.3. The van der Waals surface area contributed by atoms with Crippen molar-refractivity contribution in [3.8, 4) is 10.4 Å². The molecule has 4 N–H and O–H groups in total. The van der Waals surface area contributed by atoms with Crippen molar-refractivity contribution < 1.29 is 34.1 Å². The number of nitrogens with one attached hydrogen (secondary N) is 2. The summed E-state index contributed by atoms with van der Waals surface area (Å²) in [5, 5.41) is 24.7. The Hall–Kier alpha value is -2.90. The summed E-state index contributed by atoms with van der Waals surface area (Å²) in [4.78, 5) is 46.1. The predicted molar refractivity (Wildman–Crippen MR) is 150 cm³/mol. The molecule has 3 amide bonds. The molecule has 2 heterocycles. The van der Waals surface area contributed by atoms with Gasteiger partial charge in [-0.25, -0.2) is 4.98 Å². The third kappa shape index (κ3) is 8.80. The Kier molecular flexibility index (Phi) is 11.6. The van der Waals surface area contributed by atoms with E-state index in [9.17, 15) is 19.5 Å². The molecule has 2 aromatic rings. The molecule has 3 rings (SSSR count). The molecule has 1 aromatic carbocycles. The van der Waals surface area contributed by atoms with Crippen LogP contribution in [0.25, 0.3) is 10.4 Å². The van der Waals surface area contributed by atoms with Crippen molar-refractivity contribution in [2.45, 2.75) is 58.8 Å². The van der Waals surface area contributed by atoms with Crippen LogP contribution in [0.2, 0.25) is 0 Å². The number of hydrogen-bond donors (Lipinski definition) is 4. The Labute approximate surface area is 238 Å². The van der Waals surface area contributed by atoms with Crippen LogP contribution in [0.4, 0.5) is 0 Å². The molecule has 0 saturated carbocycles. The first kappa shape index (κ1) is 31.6. The molecule has 1 aromatic heterocycles. The summed E-state index contributed by atoms with van der Waals surface area (Å²) in [7, 11) is 0. The van der Waals surface area contributed by atoms with E-state index in [0.29, 0.717) is 0 Å². The number of likely N-dealkylation sites (tertiary alicyclic amines) is 1. The number of nitrogens with zero attached hydrogens (tertiary/aromatic N) is 2. The highest BCUT2D eigenvalue weighted by atomic mass is 32.1. The molecular formula is C28H40N4O7S. The Balaban J connectivity index is 1.59. The second kappa shape index (κ2) is 14.6. The van der Waals surface area contributed by atoms with Crippen molar-refractivity contribution >= 4 is 29.1 Å². The Morgan fingerprint density at radius 2 is 1.85 bits per heavy atom. The number of carbonyl (C=O) groups excluding carboxylic acids is 3. The third-order valence-corrected chi connectivity index (χ3v) is 7.53. The van der Waals surface area contributed by atoms with Gasteiger partial charge in [-0.1, -0.05) is 45.0 Å². The largest absolute Gasteiger partial charge is 0.394 e. The van der Waals surface area contributed by atoms with Crippen LogP contribution in [-0.2, 0) is 30.4 Å². The van der Waals surface area contributed by atoms with E-state index < -0.39 is 35.4 Å². The van der Waals surface area contributed by atoms with Crippen LogP contribution < -0.4 is 10.6 Å². The maximum Gasteiger partial charge on any atom is 0.246 e. The Morgan fingerprint density at radius 3 is 2.48 bits per heavy atom. The molecule has 1 fully saturated rings. The number of carbonyl (C=O) groups is 3. The summed E-state index contributed by atoms with van der Waals surface area (Å²) >= 11 is 1.57. The van der Waals surface area contributed by atoms with Crippen LogP contribution in [-0.4, -0.2) is 95.6 Å². The first-order valence-electron chi connectivity index (χ1n) is 13.3. The summed E-state index contributed by atoms with van der Waals surface area (Å²) in [6.07, 6.45) is -0.733. The molecule has 40 heavy (non-hydrogen) atoms. The molecule has 3 atom stereocenters. The quantitative estimate of drug-likeness (QED) is 0.260. The lowest BCUT2D eigenvalue weighted by atomic mass is 9.85. The number of aromatic nitrogens is 1. The smallest absolute Gasteiger partial charge is 0.246 e.